The van der Waals surface area contributed by atoms with Gasteiger partial charge in [-0.2, -0.15) is 0 Å². The Hall–Kier alpha value is -1.39. The standard InChI is InChI=1S/C17H19BrN2S/c1-11-6-4-5-7-15(11)13(3)19-17(21)20-14-8-9-16(18)12(2)10-14/h4-10,13H,1-3H3,(H2,19,20,21). The van der Waals surface area contributed by atoms with Crippen LogP contribution < -0.4 is 10.6 Å². The van der Waals surface area contributed by atoms with Crippen molar-refractivity contribution in [1.82, 2.24) is 5.32 Å². The van der Waals surface area contributed by atoms with E-state index in [9.17, 15) is 0 Å². The molecule has 2 aromatic carbocycles. The van der Waals surface area contributed by atoms with Gasteiger partial charge in [-0.3, -0.25) is 0 Å². The van der Waals surface area contributed by atoms with E-state index in [-0.39, 0.29) is 6.04 Å². The van der Waals surface area contributed by atoms with E-state index in [0.29, 0.717) is 5.11 Å². The Morgan fingerprint density at radius 3 is 2.48 bits per heavy atom. The summed E-state index contributed by atoms with van der Waals surface area (Å²) in [7, 11) is 0. The predicted molar refractivity (Wildman–Crippen MR) is 97.8 cm³/mol. The third kappa shape index (κ3) is 4.29. The van der Waals surface area contributed by atoms with Crippen LogP contribution in [0.25, 0.3) is 0 Å². The van der Waals surface area contributed by atoms with E-state index < -0.39 is 0 Å². The first-order chi connectivity index (χ1) is 9.97. The summed E-state index contributed by atoms with van der Waals surface area (Å²) < 4.78 is 1.10. The molecule has 1 atom stereocenters. The molecular formula is C17H19BrN2S. The number of thiocarbonyl (C=S) groups is 1. The van der Waals surface area contributed by atoms with Gasteiger partial charge in [0.1, 0.15) is 0 Å². The summed E-state index contributed by atoms with van der Waals surface area (Å²) in [6.45, 7) is 6.28. The van der Waals surface area contributed by atoms with Crippen LogP contribution in [0.3, 0.4) is 0 Å². The zero-order chi connectivity index (χ0) is 15.4. The van der Waals surface area contributed by atoms with E-state index in [2.05, 4.69) is 71.6 Å². The molecular weight excluding hydrogens is 344 g/mol. The normalized spacial score (nSPS) is 11.8. The summed E-state index contributed by atoms with van der Waals surface area (Å²) in [6.07, 6.45) is 0. The zero-order valence-corrected chi connectivity index (χ0v) is 14.8. The highest BCUT2D eigenvalue weighted by atomic mass is 79.9. The maximum Gasteiger partial charge on any atom is 0.171 e. The monoisotopic (exact) mass is 362 g/mol. The smallest absolute Gasteiger partial charge is 0.171 e. The Bertz CT molecular complexity index is 655. The van der Waals surface area contributed by atoms with Crippen molar-refractivity contribution in [3.63, 3.8) is 0 Å². The fourth-order valence-corrected chi connectivity index (χ4v) is 2.78. The van der Waals surface area contributed by atoms with Crippen LogP contribution in [0.15, 0.2) is 46.9 Å². The maximum atomic E-state index is 5.40. The van der Waals surface area contributed by atoms with Crippen molar-refractivity contribution in [2.24, 2.45) is 0 Å². The first-order valence-corrected chi connectivity index (χ1v) is 8.06. The summed E-state index contributed by atoms with van der Waals surface area (Å²) >= 11 is 8.90. The molecule has 0 saturated carbocycles. The number of aryl methyl sites for hydroxylation is 2. The summed E-state index contributed by atoms with van der Waals surface area (Å²) in [5.74, 6) is 0. The van der Waals surface area contributed by atoms with E-state index in [0.717, 1.165) is 10.2 Å². The minimum atomic E-state index is 0.169. The highest BCUT2D eigenvalue weighted by molar-refractivity contribution is 9.10. The van der Waals surface area contributed by atoms with Gasteiger partial charge in [-0.1, -0.05) is 40.2 Å². The van der Waals surface area contributed by atoms with Gasteiger partial charge >= 0.3 is 0 Å². The molecule has 0 spiro atoms. The van der Waals surface area contributed by atoms with Gasteiger partial charge in [-0.05, 0) is 67.9 Å². The molecule has 0 aliphatic carbocycles. The molecule has 0 radical (unpaired) electrons. The molecule has 2 N–H and O–H groups in total. The minimum Gasteiger partial charge on any atom is -0.356 e. The van der Waals surface area contributed by atoms with E-state index in [1.807, 2.05) is 18.2 Å². The van der Waals surface area contributed by atoms with E-state index in [1.165, 1.54) is 16.7 Å². The van der Waals surface area contributed by atoms with Gasteiger partial charge in [0.25, 0.3) is 0 Å². The average Bonchev–Trinajstić information content (AvgIpc) is 2.43. The SMILES string of the molecule is Cc1cc(NC(=S)NC(C)c2ccccc2C)ccc1Br. The third-order valence-electron chi connectivity index (χ3n) is 3.42. The molecule has 0 fully saturated rings. The van der Waals surface area contributed by atoms with Gasteiger partial charge in [0.15, 0.2) is 5.11 Å². The Kier molecular flexibility index (Phi) is 5.37. The fraction of sp³-hybridized carbons (Fsp3) is 0.235. The van der Waals surface area contributed by atoms with E-state index in [1.54, 1.807) is 0 Å². The van der Waals surface area contributed by atoms with Crippen LogP contribution in [-0.2, 0) is 0 Å². The molecule has 2 aromatic rings. The first-order valence-electron chi connectivity index (χ1n) is 6.86. The van der Waals surface area contributed by atoms with Crippen molar-refractivity contribution in [3.05, 3.63) is 63.6 Å². The second-order valence-corrected chi connectivity index (χ2v) is 6.40. The third-order valence-corrected chi connectivity index (χ3v) is 4.53. The van der Waals surface area contributed by atoms with Gasteiger partial charge in [0.05, 0.1) is 6.04 Å². The molecule has 0 heterocycles. The number of benzene rings is 2. The predicted octanol–water partition coefficient (Wildman–Crippen LogP) is 5.11. The maximum absolute atomic E-state index is 5.40. The van der Waals surface area contributed by atoms with Gasteiger partial charge in [-0.25, -0.2) is 0 Å². The van der Waals surface area contributed by atoms with Crippen LogP contribution >= 0.6 is 28.1 Å². The van der Waals surface area contributed by atoms with Crippen LogP contribution in [-0.4, -0.2) is 5.11 Å². The highest BCUT2D eigenvalue weighted by Crippen LogP contribution is 2.20. The van der Waals surface area contributed by atoms with Crippen LogP contribution in [0.5, 0.6) is 0 Å². The molecule has 0 aromatic heterocycles. The summed E-state index contributed by atoms with van der Waals surface area (Å²) in [5.41, 5.74) is 4.69. The van der Waals surface area contributed by atoms with Crippen LogP contribution in [0.4, 0.5) is 5.69 Å². The molecule has 0 saturated heterocycles. The molecule has 0 aliphatic heterocycles. The highest BCUT2D eigenvalue weighted by Gasteiger charge is 2.09. The fourth-order valence-electron chi connectivity index (χ4n) is 2.24. The van der Waals surface area contributed by atoms with Crippen molar-refractivity contribution >= 4 is 38.9 Å². The van der Waals surface area contributed by atoms with Gasteiger partial charge in [-0.15, -0.1) is 0 Å². The summed E-state index contributed by atoms with van der Waals surface area (Å²) in [6, 6.07) is 14.6. The molecule has 0 amide bonds. The van der Waals surface area contributed by atoms with Crippen molar-refractivity contribution in [2.75, 3.05) is 5.32 Å². The number of nitrogens with one attached hydrogen (secondary N) is 2. The lowest BCUT2D eigenvalue weighted by molar-refractivity contribution is 0.717. The van der Waals surface area contributed by atoms with Crippen LogP contribution in [0.2, 0.25) is 0 Å². The van der Waals surface area contributed by atoms with Crippen molar-refractivity contribution in [1.29, 1.82) is 0 Å². The van der Waals surface area contributed by atoms with Crippen LogP contribution in [0, 0.1) is 13.8 Å². The zero-order valence-electron chi connectivity index (χ0n) is 12.4. The lowest BCUT2D eigenvalue weighted by Crippen LogP contribution is -2.31. The lowest BCUT2D eigenvalue weighted by atomic mass is 10.0. The Balaban J connectivity index is 2.01. The Morgan fingerprint density at radius 2 is 1.81 bits per heavy atom. The van der Waals surface area contributed by atoms with E-state index in [4.69, 9.17) is 12.2 Å². The topological polar surface area (TPSA) is 24.1 Å². The molecule has 110 valence electrons. The summed E-state index contributed by atoms with van der Waals surface area (Å²) in [5, 5.41) is 7.19. The number of hydrogen-bond acceptors (Lipinski definition) is 1. The molecule has 4 heteroatoms. The quantitative estimate of drug-likeness (QED) is 0.741. The van der Waals surface area contributed by atoms with Gasteiger partial charge in [0.2, 0.25) is 0 Å². The lowest BCUT2D eigenvalue weighted by Gasteiger charge is -2.19. The van der Waals surface area contributed by atoms with Crippen molar-refractivity contribution in [3.8, 4) is 0 Å². The second kappa shape index (κ2) is 7.05. The molecule has 2 rings (SSSR count). The van der Waals surface area contributed by atoms with Crippen molar-refractivity contribution < 1.29 is 0 Å². The molecule has 0 bridgehead atoms. The number of anilines is 1. The van der Waals surface area contributed by atoms with E-state index >= 15 is 0 Å². The largest absolute Gasteiger partial charge is 0.356 e. The van der Waals surface area contributed by atoms with Gasteiger partial charge < -0.3 is 10.6 Å². The van der Waals surface area contributed by atoms with Crippen molar-refractivity contribution in [2.45, 2.75) is 26.8 Å². The van der Waals surface area contributed by atoms with Crippen LogP contribution in [0.1, 0.15) is 29.7 Å². The second-order valence-electron chi connectivity index (χ2n) is 5.14. The molecule has 1 unspecified atom stereocenters. The van der Waals surface area contributed by atoms with Gasteiger partial charge in [0, 0.05) is 10.2 Å². The Labute approximate surface area is 140 Å². The summed E-state index contributed by atoms with van der Waals surface area (Å²) in [4.78, 5) is 0. The molecule has 21 heavy (non-hydrogen) atoms. The molecule has 0 aliphatic rings. The average molecular weight is 363 g/mol. The molecule has 2 nitrogen and oxygen atoms in total. The number of hydrogen-bond donors (Lipinski definition) is 2. The minimum absolute atomic E-state index is 0.169. The Morgan fingerprint density at radius 1 is 1.10 bits per heavy atom. The number of halogens is 1. The number of rotatable bonds is 3. The first kappa shape index (κ1) is 16.0.